The number of rotatable bonds is 6. The van der Waals surface area contributed by atoms with E-state index in [1.54, 1.807) is 35.0 Å². The van der Waals surface area contributed by atoms with Gasteiger partial charge in [0.2, 0.25) is 0 Å². The summed E-state index contributed by atoms with van der Waals surface area (Å²) in [5, 5.41) is 0. The van der Waals surface area contributed by atoms with Gasteiger partial charge in [-0.25, -0.2) is 9.18 Å². The first-order valence-electron chi connectivity index (χ1n) is 6.91. The van der Waals surface area contributed by atoms with Gasteiger partial charge in [-0.15, -0.1) is 0 Å². The zero-order valence-corrected chi connectivity index (χ0v) is 12.7. The van der Waals surface area contributed by atoms with Crippen LogP contribution in [0.1, 0.15) is 16.1 Å². The maximum absolute atomic E-state index is 13.2. The summed E-state index contributed by atoms with van der Waals surface area (Å²) < 4.78 is 19.5. The van der Waals surface area contributed by atoms with Crippen LogP contribution in [0.3, 0.4) is 0 Å². The number of hydrogen-bond acceptors (Lipinski definition) is 3. The number of halogens is 1. The van der Waals surface area contributed by atoms with Gasteiger partial charge in [-0.2, -0.15) is 0 Å². The van der Waals surface area contributed by atoms with Crippen molar-refractivity contribution >= 4 is 17.8 Å². The van der Waals surface area contributed by atoms with Crippen molar-refractivity contribution in [3.8, 4) is 0 Å². The van der Waals surface area contributed by atoms with Crippen LogP contribution >= 0.6 is 0 Å². The fourth-order valence-corrected chi connectivity index (χ4v) is 2.09. The standard InChI is InChI=1S/C18H16FNO3/c1-3-13(18(22)23-2)11-16-8-5-9-20(16)12-17(21)14-6-4-7-15(19)10-14/h3-11H,1,12H2,2H3/b13-11+. The highest BCUT2D eigenvalue weighted by Gasteiger charge is 2.11. The second-order valence-electron chi connectivity index (χ2n) is 4.79. The zero-order valence-electron chi connectivity index (χ0n) is 12.7. The summed E-state index contributed by atoms with van der Waals surface area (Å²) in [5.74, 6) is -1.19. The van der Waals surface area contributed by atoms with E-state index in [0.717, 1.165) is 0 Å². The molecule has 0 radical (unpaired) electrons. The van der Waals surface area contributed by atoms with E-state index in [1.165, 1.54) is 31.4 Å². The minimum atomic E-state index is -0.510. The molecule has 2 aromatic rings. The first-order valence-corrected chi connectivity index (χ1v) is 6.91. The van der Waals surface area contributed by atoms with Gasteiger partial charge in [0.15, 0.2) is 5.78 Å². The lowest BCUT2D eigenvalue weighted by Gasteiger charge is -2.07. The third-order valence-electron chi connectivity index (χ3n) is 3.27. The van der Waals surface area contributed by atoms with Crippen molar-refractivity contribution in [3.63, 3.8) is 0 Å². The van der Waals surface area contributed by atoms with E-state index in [9.17, 15) is 14.0 Å². The van der Waals surface area contributed by atoms with Gasteiger partial charge < -0.3 is 9.30 Å². The Bertz CT molecular complexity index is 774. The molecule has 0 atom stereocenters. The van der Waals surface area contributed by atoms with Crippen LogP contribution < -0.4 is 0 Å². The number of benzene rings is 1. The first-order chi connectivity index (χ1) is 11.0. The third kappa shape index (κ3) is 4.03. The molecule has 1 aromatic carbocycles. The molecule has 2 rings (SSSR count). The molecule has 0 aliphatic heterocycles. The Morgan fingerprint density at radius 1 is 1.30 bits per heavy atom. The molecule has 0 aliphatic carbocycles. The average molecular weight is 313 g/mol. The van der Waals surface area contributed by atoms with Gasteiger partial charge in [0, 0.05) is 17.5 Å². The highest BCUT2D eigenvalue weighted by atomic mass is 19.1. The number of carbonyl (C=O) groups excluding carboxylic acids is 2. The Morgan fingerprint density at radius 3 is 2.74 bits per heavy atom. The van der Waals surface area contributed by atoms with Gasteiger partial charge in [-0.3, -0.25) is 4.79 Å². The summed E-state index contributed by atoms with van der Waals surface area (Å²) in [5.41, 5.74) is 1.23. The van der Waals surface area contributed by atoms with E-state index in [0.29, 0.717) is 11.3 Å². The largest absolute Gasteiger partial charge is 0.465 e. The number of ether oxygens (including phenoxy) is 1. The minimum absolute atomic E-state index is 0.0356. The molecule has 118 valence electrons. The van der Waals surface area contributed by atoms with Crippen molar-refractivity contribution in [2.45, 2.75) is 6.54 Å². The summed E-state index contributed by atoms with van der Waals surface area (Å²) in [6.07, 6.45) is 4.68. The third-order valence-corrected chi connectivity index (χ3v) is 3.27. The number of aromatic nitrogens is 1. The molecule has 0 spiro atoms. The van der Waals surface area contributed by atoms with Gasteiger partial charge in [-0.1, -0.05) is 24.8 Å². The summed E-state index contributed by atoms with van der Waals surface area (Å²) in [6, 6.07) is 9.05. The monoisotopic (exact) mass is 313 g/mol. The second-order valence-corrected chi connectivity index (χ2v) is 4.79. The molecular weight excluding hydrogens is 297 g/mol. The van der Waals surface area contributed by atoms with E-state index in [2.05, 4.69) is 11.3 Å². The molecule has 0 fully saturated rings. The highest BCUT2D eigenvalue weighted by Crippen LogP contribution is 2.13. The molecule has 1 aromatic heterocycles. The van der Waals surface area contributed by atoms with Gasteiger partial charge >= 0.3 is 5.97 Å². The first kappa shape index (κ1) is 16.4. The maximum atomic E-state index is 13.2. The smallest absolute Gasteiger partial charge is 0.337 e. The summed E-state index contributed by atoms with van der Waals surface area (Å²) >= 11 is 0. The number of Topliss-reactive ketones (excluding diaryl/α,β-unsaturated/α-hetero) is 1. The van der Waals surface area contributed by atoms with Crippen LogP contribution in [0.2, 0.25) is 0 Å². The quantitative estimate of drug-likeness (QED) is 0.356. The molecule has 0 N–H and O–H groups in total. The molecule has 0 saturated carbocycles. The van der Waals surface area contributed by atoms with Crippen molar-refractivity contribution in [1.82, 2.24) is 4.57 Å². The molecule has 4 nitrogen and oxygen atoms in total. The van der Waals surface area contributed by atoms with E-state index in [-0.39, 0.29) is 17.9 Å². The molecule has 0 unspecified atom stereocenters. The van der Waals surface area contributed by atoms with Crippen molar-refractivity contribution in [2.24, 2.45) is 0 Å². The van der Waals surface area contributed by atoms with Crippen LogP contribution in [0, 0.1) is 5.82 Å². The SMILES string of the molecule is C=C/C(=C\c1cccn1CC(=O)c1cccc(F)c1)C(=O)OC. The number of ketones is 1. The molecular formula is C18H16FNO3. The predicted molar refractivity (Wildman–Crippen MR) is 85.4 cm³/mol. The van der Waals surface area contributed by atoms with Crippen LogP contribution in [0.15, 0.2) is 60.8 Å². The van der Waals surface area contributed by atoms with Crippen LogP contribution in [-0.4, -0.2) is 23.4 Å². The molecule has 23 heavy (non-hydrogen) atoms. The van der Waals surface area contributed by atoms with Crippen LogP contribution in [0.25, 0.3) is 6.08 Å². The van der Waals surface area contributed by atoms with Gasteiger partial charge in [0.1, 0.15) is 5.82 Å². The lowest BCUT2D eigenvalue weighted by Crippen LogP contribution is -2.11. The molecule has 0 aliphatic rings. The topological polar surface area (TPSA) is 48.3 Å². The van der Waals surface area contributed by atoms with Crippen molar-refractivity contribution < 1.29 is 18.7 Å². The van der Waals surface area contributed by atoms with Crippen LogP contribution in [0.4, 0.5) is 4.39 Å². The number of carbonyl (C=O) groups is 2. The van der Waals surface area contributed by atoms with Crippen LogP contribution in [-0.2, 0) is 16.1 Å². The van der Waals surface area contributed by atoms with E-state index < -0.39 is 11.8 Å². The number of nitrogens with zero attached hydrogens (tertiary/aromatic N) is 1. The lowest BCUT2D eigenvalue weighted by molar-refractivity contribution is -0.135. The summed E-state index contributed by atoms with van der Waals surface area (Å²) in [6.45, 7) is 3.61. The number of esters is 1. The second kappa shape index (κ2) is 7.35. The predicted octanol–water partition coefficient (Wildman–Crippen LogP) is 3.25. The Labute approximate surface area is 133 Å². The Kier molecular flexibility index (Phi) is 5.25. The Morgan fingerprint density at radius 2 is 2.09 bits per heavy atom. The fraction of sp³-hybridized carbons (Fsp3) is 0.111. The lowest BCUT2D eigenvalue weighted by atomic mass is 10.1. The van der Waals surface area contributed by atoms with Gasteiger partial charge in [-0.05, 0) is 30.3 Å². The van der Waals surface area contributed by atoms with Gasteiger partial charge in [0.05, 0.1) is 19.2 Å². The Hall–Kier alpha value is -2.95. The number of methoxy groups -OCH3 is 1. The molecule has 5 heteroatoms. The van der Waals surface area contributed by atoms with Crippen molar-refractivity contribution in [2.75, 3.05) is 7.11 Å². The zero-order chi connectivity index (χ0) is 16.8. The molecule has 0 amide bonds. The highest BCUT2D eigenvalue weighted by molar-refractivity contribution is 5.97. The van der Waals surface area contributed by atoms with Crippen molar-refractivity contribution in [3.05, 3.63) is 77.9 Å². The number of hydrogen-bond donors (Lipinski definition) is 0. The van der Waals surface area contributed by atoms with E-state index in [1.807, 2.05) is 0 Å². The summed E-state index contributed by atoms with van der Waals surface area (Å²) in [4.78, 5) is 23.8. The fourth-order valence-electron chi connectivity index (χ4n) is 2.09. The van der Waals surface area contributed by atoms with E-state index >= 15 is 0 Å². The molecule has 1 heterocycles. The summed E-state index contributed by atoms with van der Waals surface area (Å²) in [7, 11) is 1.28. The Balaban J connectivity index is 2.24. The van der Waals surface area contributed by atoms with E-state index in [4.69, 9.17) is 0 Å². The van der Waals surface area contributed by atoms with Crippen LogP contribution in [0.5, 0.6) is 0 Å². The maximum Gasteiger partial charge on any atom is 0.337 e. The molecule has 0 bridgehead atoms. The minimum Gasteiger partial charge on any atom is -0.465 e. The molecule has 0 saturated heterocycles. The van der Waals surface area contributed by atoms with Crippen molar-refractivity contribution in [1.29, 1.82) is 0 Å². The van der Waals surface area contributed by atoms with Gasteiger partial charge in [0.25, 0.3) is 0 Å². The normalized spacial score (nSPS) is 11.1. The average Bonchev–Trinajstić information content (AvgIpc) is 2.98.